The van der Waals surface area contributed by atoms with Crippen molar-refractivity contribution in [3.8, 4) is 0 Å². The Morgan fingerprint density at radius 1 is 0.565 bits per heavy atom. The number of anilines is 3. The Labute approximate surface area is 401 Å². The standard InChI is InChI=1S/C25H47N4O5P.C8H13N4O4P.C7H11N4O5P/c1-2-3-4-5-6-7-8-9-10-11-12-13-14-15-16-17-18-33-35(31)22-32-23(20-34-35)19-29-21-27-24(26)28-25(29)30;1-17(14)5-15-6(3-16-17)2-12-4-10-7(9)11-8(12)13;8-6-9-3-11(7(12)10-6)1-5-2-16-17(13,14)4-15-5/h21,23H,2-20,22H2,1H3,(H2,26,28,30);4,6H,2-3,5H2,1H3,(H2,9,11,13);3,5H,1-2,4H2,(H,13,14)(H2,8,10,12)/t23-,35?;6-,17?;5-/m000/s1. The van der Waals surface area contributed by atoms with Gasteiger partial charge in [0.1, 0.15) is 56.3 Å². The Hall–Kier alpha value is -3.80. The first-order valence-electron chi connectivity index (χ1n) is 23.4. The van der Waals surface area contributed by atoms with Crippen molar-refractivity contribution in [1.29, 1.82) is 0 Å². The molecule has 29 heteroatoms. The molecular weight excluding hydrogens is 965 g/mol. The zero-order chi connectivity index (χ0) is 50.1. The molecule has 0 saturated carbocycles. The molecule has 0 aromatic carbocycles. The van der Waals surface area contributed by atoms with E-state index in [-0.39, 0.29) is 82.4 Å². The summed E-state index contributed by atoms with van der Waals surface area (Å²) in [6.45, 7) is 5.00. The van der Waals surface area contributed by atoms with E-state index in [1.807, 2.05) is 0 Å². The van der Waals surface area contributed by atoms with Gasteiger partial charge in [-0.25, -0.2) is 29.3 Å². The lowest BCUT2D eigenvalue weighted by Gasteiger charge is -2.29. The molecule has 7 N–H and O–H groups in total. The van der Waals surface area contributed by atoms with Crippen LogP contribution in [0.1, 0.15) is 110 Å². The molecule has 0 amide bonds. The van der Waals surface area contributed by atoms with Crippen molar-refractivity contribution in [3.05, 3.63) is 50.4 Å². The maximum atomic E-state index is 12.6. The topological polar surface area (TPSA) is 357 Å². The van der Waals surface area contributed by atoms with E-state index < -0.39 is 51.8 Å². The highest BCUT2D eigenvalue weighted by atomic mass is 31.2. The van der Waals surface area contributed by atoms with Gasteiger partial charge in [-0.2, -0.15) is 15.0 Å². The van der Waals surface area contributed by atoms with Gasteiger partial charge in [0, 0.05) is 6.66 Å². The van der Waals surface area contributed by atoms with Gasteiger partial charge >= 0.3 is 32.3 Å². The van der Waals surface area contributed by atoms with E-state index in [4.69, 9.17) is 54.4 Å². The van der Waals surface area contributed by atoms with Crippen molar-refractivity contribution >= 4 is 40.4 Å². The maximum Gasteiger partial charge on any atom is 0.356 e. The highest BCUT2D eigenvalue weighted by Gasteiger charge is 2.34. The lowest BCUT2D eigenvalue weighted by atomic mass is 10.0. The smallest absolute Gasteiger partial charge is 0.356 e. The van der Waals surface area contributed by atoms with Gasteiger partial charge in [-0.1, -0.05) is 103 Å². The van der Waals surface area contributed by atoms with Gasteiger partial charge in [-0.15, -0.1) is 0 Å². The van der Waals surface area contributed by atoms with Crippen LogP contribution in [0.4, 0.5) is 17.8 Å². The largest absolute Gasteiger partial charge is 0.368 e. The highest BCUT2D eigenvalue weighted by molar-refractivity contribution is 7.58. The summed E-state index contributed by atoms with van der Waals surface area (Å²) in [5, 5.41) is 0. The van der Waals surface area contributed by atoms with Crippen molar-refractivity contribution in [1.82, 2.24) is 43.6 Å². The van der Waals surface area contributed by atoms with Crippen molar-refractivity contribution in [3.63, 3.8) is 0 Å². The van der Waals surface area contributed by atoms with E-state index in [0.29, 0.717) is 6.61 Å². The zero-order valence-electron chi connectivity index (χ0n) is 39.7. The normalized spacial score (nSPS) is 24.7. The summed E-state index contributed by atoms with van der Waals surface area (Å²) in [5.41, 5.74) is 14.3. The average Bonchev–Trinajstić information content (AvgIpc) is 3.30. The molecule has 3 aliphatic heterocycles. The summed E-state index contributed by atoms with van der Waals surface area (Å²) in [7, 11) is -9.44. The van der Waals surface area contributed by atoms with E-state index in [1.165, 1.54) is 129 Å². The molecule has 69 heavy (non-hydrogen) atoms. The minimum Gasteiger partial charge on any atom is -0.368 e. The molecule has 3 saturated heterocycles. The molecule has 3 fully saturated rings. The van der Waals surface area contributed by atoms with Gasteiger partial charge in [0.2, 0.25) is 25.2 Å². The molecule has 3 aromatic rings. The molecule has 3 unspecified atom stereocenters. The number of hydrogen-bond acceptors (Lipinski definition) is 22. The maximum absolute atomic E-state index is 12.6. The van der Waals surface area contributed by atoms with Crippen molar-refractivity contribution in [2.45, 2.75) is 148 Å². The second-order valence-electron chi connectivity index (χ2n) is 17.0. The summed E-state index contributed by atoms with van der Waals surface area (Å²) < 4.78 is 75.8. The third-order valence-electron chi connectivity index (χ3n) is 10.8. The van der Waals surface area contributed by atoms with Gasteiger partial charge in [0.25, 0.3) is 0 Å². The van der Waals surface area contributed by atoms with Crippen molar-refractivity contribution in [2.24, 2.45) is 0 Å². The van der Waals surface area contributed by atoms with E-state index >= 15 is 0 Å². The number of nitrogens with two attached hydrogens (primary N) is 3. The molecule has 6 rings (SSSR count). The monoisotopic (exact) mass is 1040 g/mol. The van der Waals surface area contributed by atoms with Crippen LogP contribution in [0.2, 0.25) is 0 Å². The average molecular weight is 1040 g/mol. The Morgan fingerprint density at radius 2 is 0.928 bits per heavy atom. The molecule has 3 aromatic heterocycles. The second kappa shape index (κ2) is 30.2. The summed E-state index contributed by atoms with van der Waals surface area (Å²) >= 11 is 0. The van der Waals surface area contributed by atoms with E-state index in [1.54, 1.807) is 0 Å². The number of rotatable bonds is 24. The minimum absolute atomic E-state index is 0.0578. The van der Waals surface area contributed by atoms with Gasteiger partial charge in [-0.3, -0.25) is 27.4 Å². The first-order chi connectivity index (χ1) is 32.9. The van der Waals surface area contributed by atoms with E-state index in [2.05, 4.69) is 36.8 Å². The molecule has 390 valence electrons. The van der Waals surface area contributed by atoms with Crippen LogP contribution in [0.5, 0.6) is 0 Å². The Bertz CT molecular complexity index is 2200. The van der Waals surface area contributed by atoms with Crippen LogP contribution in [0.25, 0.3) is 0 Å². The molecule has 3 aliphatic rings. The predicted octanol–water partition coefficient (Wildman–Crippen LogP) is 4.34. The third kappa shape index (κ3) is 23.3. The Morgan fingerprint density at radius 3 is 1.26 bits per heavy atom. The molecule has 0 bridgehead atoms. The van der Waals surface area contributed by atoms with E-state index in [0.717, 1.165) is 12.8 Å². The third-order valence-corrected chi connectivity index (χ3v) is 14.7. The summed E-state index contributed by atoms with van der Waals surface area (Å²) in [6.07, 6.45) is 23.1. The van der Waals surface area contributed by atoms with Crippen LogP contribution in [-0.2, 0) is 65.6 Å². The fourth-order valence-electron chi connectivity index (χ4n) is 6.92. The first-order valence-corrected chi connectivity index (χ1v) is 29.2. The van der Waals surface area contributed by atoms with Crippen LogP contribution >= 0.6 is 22.6 Å². The molecule has 0 spiro atoms. The number of nitrogen functional groups attached to an aromatic ring is 3. The Kier molecular flexibility index (Phi) is 25.3. The first kappa shape index (κ1) is 57.8. The van der Waals surface area contributed by atoms with Gasteiger partial charge in [-0.05, 0) is 6.42 Å². The van der Waals surface area contributed by atoms with Gasteiger partial charge in [0.05, 0.1) is 46.1 Å². The van der Waals surface area contributed by atoms with Crippen molar-refractivity contribution in [2.75, 3.05) is 69.3 Å². The number of aromatic nitrogens is 9. The number of ether oxygens (including phenoxy) is 3. The van der Waals surface area contributed by atoms with E-state index in [9.17, 15) is 28.1 Å². The fourth-order valence-corrected chi connectivity index (χ4v) is 10.2. The van der Waals surface area contributed by atoms with Gasteiger partial charge < -0.3 is 54.4 Å². The fraction of sp³-hybridized carbons (Fsp3) is 0.775. The summed E-state index contributed by atoms with van der Waals surface area (Å²) in [5.74, 6) is -0.240. The molecular formula is C40H71N12O14P3. The summed E-state index contributed by atoms with van der Waals surface area (Å²) in [4.78, 5) is 65.3. The summed E-state index contributed by atoms with van der Waals surface area (Å²) in [6, 6.07) is 0. The van der Waals surface area contributed by atoms with Crippen LogP contribution in [0, 0.1) is 0 Å². The number of unbranched alkanes of at least 4 members (excludes halogenated alkanes) is 15. The molecule has 6 heterocycles. The lowest BCUT2D eigenvalue weighted by Crippen LogP contribution is -2.35. The Balaban J connectivity index is 0.000000252. The van der Waals surface area contributed by atoms with Crippen LogP contribution in [0.3, 0.4) is 0 Å². The molecule has 0 aliphatic carbocycles. The zero-order valence-corrected chi connectivity index (χ0v) is 42.4. The highest BCUT2D eigenvalue weighted by Crippen LogP contribution is 2.51. The predicted molar refractivity (Wildman–Crippen MR) is 256 cm³/mol. The van der Waals surface area contributed by atoms with Crippen LogP contribution < -0.4 is 34.3 Å². The molecule has 0 radical (unpaired) electrons. The SMILES string of the molecule is CCCCCCCCCCCCCCCCCCOP1(=O)CO[C@@H](Cn2cnc(N)nc2=O)CO1.CP1(=O)CO[C@@H](Cn2cnc(N)nc2=O)CO1.Nc1ncn(C[C@H]2COP(=O)(O)CO2)c(=O)n1. The molecule has 6 atom stereocenters. The van der Waals surface area contributed by atoms with Crippen LogP contribution in [0.15, 0.2) is 33.4 Å². The molecule has 26 nitrogen and oxygen atoms in total. The van der Waals surface area contributed by atoms with Crippen molar-refractivity contribution < 1.29 is 50.9 Å². The second-order valence-corrected chi connectivity index (χ2v) is 23.3. The van der Waals surface area contributed by atoms with Gasteiger partial charge in [0.15, 0.2) is 0 Å². The quantitative estimate of drug-likeness (QED) is 0.0715. The van der Waals surface area contributed by atoms with Crippen LogP contribution in [-0.4, -0.2) is 119 Å². The number of hydrogen-bond donors (Lipinski definition) is 4. The number of nitrogens with zero attached hydrogens (tertiary/aromatic N) is 9. The lowest BCUT2D eigenvalue weighted by molar-refractivity contribution is -0.0147. The minimum atomic E-state index is -3.61.